The zero-order valence-corrected chi connectivity index (χ0v) is 13.5. The molecule has 1 aliphatic rings. The first-order valence-electron chi connectivity index (χ1n) is 7.17. The fraction of sp³-hybridized carbons (Fsp3) is 0.533. The predicted molar refractivity (Wildman–Crippen MR) is 86.6 cm³/mol. The minimum Gasteiger partial charge on any atom is -0.464 e. The zero-order chi connectivity index (χ0) is 15.6. The number of hydrogen-bond donors (Lipinski definition) is 1. The van der Waals surface area contributed by atoms with Crippen molar-refractivity contribution < 1.29 is 9.53 Å². The third kappa shape index (κ3) is 3.15. The number of hydrogen-bond acceptors (Lipinski definition) is 5. The van der Waals surface area contributed by atoms with E-state index in [2.05, 4.69) is 4.98 Å². The van der Waals surface area contributed by atoms with Crippen LogP contribution in [0, 0.1) is 13.8 Å². The molecule has 0 spiro atoms. The Morgan fingerprint density at radius 1 is 1.57 bits per heavy atom. The van der Waals surface area contributed by atoms with Gasteiger partial charge >= 0.3 is 5.97 Å². The highest BCUT2D eigenvalue weighted by molar-refractivity contribution is 7.80. The number of ether oxygens (including phenoxy) is 1. The number of rotatable bonds is 4. The Hall–Kier alpha value is -1.69. The average Bonchev–Trinajstić information content (AvgIpc) is 2.86. The number of aromatic nitrogens is 1. The Kier molecular flexibility index (Phi) is 4.77. The first-order chi connectivity index (χ1) is 9.95. The second kappa shape index (κ2) is 6.39. The summed E-state index contributed by atoms with van der Waals surface area (Å²) in [5, 5.41) is 0. The van der Waals surface area contributed by atoms with Gasteiger partial charge in [-0.25, -0.2) is 9.78 Å². The van der Waals surface area contributed by atoms with Crippen molar-refractivity contribution in [3.8, 4) is 0 Å². The van der Waals surface area contributed by atoms with Crippen LogP contribution in [-0.2, 0) is 9.53 Å². The van der Waals surface area contributed by atoms with E-state index in [1.807, 2.05) is 31.7 Å². The maximum absolute atomic E-state index is 12.1. The van der Waals surface area contributed by atoms with Gasteiger partial charge in [-0.05, 0) is 45.2 Å². The summed E-state index contributed by atoms with van der Waals surface area (Å²) < 4.78 is 5.17. The summed E-state index contributed by atoms with van der Waals surface area (Å²) in [7, 11) is 0. The van der Waals surface area contributed by atoms with E-state index in [0.29, 0.717) is 17.4 Å². The van der Waals surface area contributed by atoms with Crippen LogP contribution in [-0.4, -0.2) is 35.1 Å². The summed E-state index contributed by atoms with van der Waals surface area (Å²) in [5.41, 5.74) is 8.49. The van der Waals surface area contributed by atoms with Gasteiger partial charge in [0.1, 0.15) is 16.8 Å². The number of nitrogens with zero attached hydrogens (tertiary/aromatic N) is 2. The predicted octanol–water partition coefficient (Wildman–Crippen LogP) is 1.86. The van der Waals surface area contributed by atoms with Crippen molar-refractivity contribution in [1.82, 2.24) is 4.98 Å². The van der Waals surface area contributed by atoms with Crippen LogP contribution in [0.5, 0.6) is 0 Å². The molecule has 0 radical (unpaired) electrons. The van der Waals surface area contributed by atoms with Crippen LogP contribution in [0.3, 0.4) is 0 Å². The molecule has 6 heteroatoms. The molecule has 0 aromatic carbocycles. The lowest BCUT2D eigenvalue weighted by Crippen LogP contribution is -2.39. The molecule has 0 bridgehead atoms. The summed E-state index contributed by atoms with van der Waals surface area (Å²) in [6.07, 6.45) is 1.69. The highest BCUT2D eigenvalue weighted by Gasteiger charge is 2.34. The Morgan fingerprint density at radius 3 is 2.90 bits per heavy atom. The van der Waals surface area contributed by atoms with Crippen molar-refractivity contribution in [3.63, 3.8) is 0 Å². The van der Waals surface area contributed by atoms with Crippen LogP contribution in [0.4, 0.5) is 5.82 Å². The number of esters is 1. The van der Waals surface area contributed by atoms with Gasteiger partial charge < -0.3 is 15.4 Å². The molecule has 5 nitrogen and oxygen atoms in total. The number of carbonyl (C=O) groups is 1. The van der Waals surface area contributed by atoms with Gasteiger partial charge in [-0.15, -0.1) is 0 Å². The number of pyridine rings is 1. The molecular formula is C15H21N3O2S. The average molecular weight is 307 g/mol. The number of aryl methyl sites for hydroxylation is 2. The molecule has 0 amide bonds. The molecule has 1 aromatic heterocycles. The minimum atomic E-state index is -0.299. The summed E-state index contributed by atoms with van der Waals surface area (Å²) in [4.78, 5) is 19.0. The molecular weight excluding hydrogens is 286 g/mol. The van der Waals surface area contributed by atoms with Crippen LogP contribution in [0.2, 0.25) is 0 Å². The number of thiocarbonyl (C=S) groups is 1. The van der Waals surface area contributed by atoms with E-state index in [1.165, 1.54) is 0 Å². The van der Waals surface area contributed by atoms with Gasteiger partial charge in [0, 0.05) is 12.2 Å². The van der Waals surface area contributed by atoms with E-state index < -0.39 is 0 Å². The number of nitrogens with two attached hydrogens (primary N) is 1. The second-order valence-electron chi connectivity index (χ2n) is 5.25. The molecule has 2 rings (SSSR count). The lowest BCUT2D eigenvalue weighted by Gasteiger charge is -2.27. The molecule has 1 aromatic rings. The SMILES string of the molecule is CCOC(=O)C1CCCN1c1nc(C)cc(C)c1C(N)=S. The molecule has 1 saturated heterocycles. The molecule has 21 heavy (non-hydrogen) atoms. The van der Waals surface area contributed by atoms with Crippen molar-refractivity contribution in [2.24, 2.45) is 5.73 Å². The van der Waals surface area contributed by atoms with Gasteiger partial charge in [-0.3, -0.25) is 0 Å². The first-order valence-corrected chi connectivity index (χ1v) is 7.57. The number of carbonyl (C=O) groups excluding carboxylic acids is 1. The molecule has 1 atom stereocenters. The molecule has 2 N–H and O–H groups in total. The summed E-state index contributed by atoms with van der Waals surface area (Å²) >= 11 is 5.17. The van der Waals surface area contributed by atoms with E-state index in [1.54, 1.807) is 0 Å². The fourth-order valence-corrected chi connectivity index (χ4v) is 3.09. The van der Waals surface area contributed by atoms with Gasteiger partial charge in [0.2, 0.25) is 0 Å². The fourth-order valence-electron chi connectivity index (χ4n) is 2.83. The maximum Gasteiger partial charge on any atom is 0.328 e. The van der Waals surface area contributed by atoms with Crippen LogP contribution >= 0.6 is 12.2 Å². The summed E-state index contributed by atoms with van der Waals surface area (Å²) in [6.45, 7) is 6.84. The normalized spacial score (nSPS) is 17.9. The van der Waals surface area contributed by atoms with Crippen LogP contribution in [0.1, 0.15) is 36.6 Å². The molecule has 1 fully saturated rings. The molecule has 0 aliphatic carbocycles. The topological polar surface area (TPSA) is 68.5 Å². The van der Waals surface area contributed by atoms with E-state index >= 15 is 0 Å². The standard InChI is InChI=1S/C15H21N3O2S/c1-4-20-15(19)11-6-5-7-18(11)14-12(13(16)21)9(2)8-10(3)17-14/h8,11H,4-7H2,1-3H3,(H2,16,21). The van der Waals surface area contributed by atoms with Gasteiger partial charge in [0.05, 0.1) is 12.2 Å². The smallest absolute Gasteiger partial charge is 0.328 e. The van der Waals surface area contributed by atoms with E-state index in [4.69, 9.17) is 22.7 Å². The van der Waals surface area contributed by atoms with Crippen molar-refractivity contribution in [2.75, 3.05) is 18.1 Å². The van der Waals surface area contributed by atoms with Crippen LogP contribution in [0.25, 0.3) is 0 Å². The Balaban J connectivity index is 2.45. The molecule has 2 heterocycles. The van der Waals surface area contributed by atoms with Gasteiger partial charge in [-0.2, -0.15) is 0 Å². The summed E-state index contributed by atoms with van der Waals surface area (Å²) in [5.74, 6) is 0.500. The molecule has 1 aliphatic heterocycles. The van der Waals surface area contributed by atoms with Gasteiger partial charge in [0.15, 0.2) is 0 Å². The third-order valence-corrected chi connectivity index (χ3v) is 3.86. The van der Waals surface area contributed by atoms with E-state index in [9.17, 15) is 4.79 Å². The van der Waals surface area contributed by atoms with Crippen molar-refractivity contribution in [1.29, 1.82) is 0 Å². The number of anilines is 1. The van der Waals surface area contributed by atoms with Crippen molar-refractivity contribution in [2.45, 2.75) is 39.7 Å². The molecule has 1 unspecified atom stereocenters. The van der Waals surface area contributed by atoms with E-state index in [-0.39, 0.29) is 12.0 Å². The quantitative estimate of drug-likeness (QED) is 0.676. The Morgan fingerprint density at radius 2 is 2.29 bits per heavy atom. The Bertz CT molecular complexity index is 574. The summed E-state index contributed by atoms with van der Waals surface area (Å²) in [6, 6.07) is 1.65. The van der Waals surface area contributed by atoms with Crippen LogP contribution in [0.15, 0.2) is 6.07 Å². The monoisotopic (exact) mass is 307 g/mol. The van der Waals surface area contributed by atoms with Crippen molar-refractivity contribution in [3.05, 3.63) is 22.9 Å². The van der Waals surface area contributed by atoms with Crippen LogP contribution < -0.4 is 10.6 Å². The maximum atomic E-state index is 12.1. The zero-order valence-electron chi connectivity index (χ0n) is 12.7. The molecule has 0 saturated carbocycles. The highest BCUT2D eigenvalue weighted by atomic mass is 32.1. The highest BCUT2D eigenvalue weighted by Crippen LogP contribution is 2.30. The lowest BCUT2D eigenvalue weighted by molar-refractivity contribution is -0.144. The lowest BCUT2D eigenvalue weighted by atomic mass is 10.1. The first kappa shape index (κ1) is 15.7. The van der Waals surface area contributed by atoms with E-state index in [0.717, 1.165) is 36.2 Å². The Labute approximate surface area is 130 Å². The third-order valence-electron chi connectivity index (χ3n) is 3.66. The second-order valence-corrected chi connectivity index (χ2v) is 5.69. The molecule has 114 valence electrons. The van der Waals surface area contributed by atoms with Gasteiger partial charge in [0.25, 0.3) is 0 Å². The largest absolute Gasteiger partial charge is 0.464 e. The van der Waals surface area contributed by atoms with Crippen molar-refractivity contribution >= 4 is 29.0 Å². The minimum absolute atomic E-state index is 0.204. The van der Waals surface area contributed by atoms with Gasteiger partial charge in [-0.1, -0.05) is 12.2 Å².